The molecule has 0 saturated heterocycles. The van der Waals surface area contributed by atoms with E-state index < -0.39 is 0 Å². The molecule has 0 fully saturated rings. The van der Waals surface area contributed by atoms with Crippen molar-refractivity contribution in [3.63, 3.8) is 0 Å². The zero-order valence-corrected chi connectivity index (χ0v) is 13.7. The zero-order valence-electron chi connectivity index (χ0n) is 12.9. The summed E-state index contributed by atoms with van der Waals surface area (Å²) in [6.45, 7) is 9.78. The molecular weight excluding hydrogens is 276 g/mol. The van der Waals surface area contributed by atoms with Gasteiger partial charge in [0.25, 0.3) is 0 Å². The van der Waals surface area contributed by atoms with Gasteiger partial charge in [0.15, 0.2) is 0 Å². The molecule has 0 aliphatic rings. The fourth-order valence-corrected chi connectivity index (χ4v) is 3.01. The van der Waals surface area contributed by atoms with E-state index in [0.717, 1.165) is 31.5 Å². The van der Waals surface area contributed by atoms with Gasteiger partial charge in [0.1, 0.15) is 0 Å². The predicted molar refractivity (Wildman–Crippen MR) is 82.5 cm³/mol. The number of aromatic nitrogens is 2. The molecule has 0 bridgehead atoms. The van der Waals surface area contributed by atoms with Crippen molar-refractivity contribution >= 4 is 11.6 Å². The Kier molecular flexibility index (Phi) is 6.95. The van der Waals surface area contributed by atoms with Crippen LogP contribution >= 0.6 is 11.6 Å². The first-order valence-corrected chi connectivity index (χ1v) is 7.79. The molecule has 1 aromatic rings. The van der Waals surface area contributed by atoms with Gasteiger partial charge in [0.05, 0.1) is 28.6 Å². The Morgan fingerprint density at radius 3 is 2.50 bits per heavy atom. The molecule has 20 heavy (non-hydrogen) atoms. The number of aryl methyl sites for hydroxylation is 1. The van der Waals surface area contributed by atoms with Crippen molar-refractivity contribution in [1.29, 1.82) is 0 Å². The smallest absolute Gasteiger partial charge is 0.0933 e. The van der Waals surface area contributed by atoms with Crippen molar-refractivity contribution in [3.05, 3.63) is 16.9 Å². The molecule has 1 atom stereocenters. The summed E-state index contributed by atoms with van der Waals surface area (Å²) in [7, 11) is 0. The Hall–Kier alpha value is -0.620. The van der Waals surface area contributed by atoms with Crippen molar-refractivity contribution < 1.29 is 4.74 Å². The molecule has 1 unspecified atom stereocenters. The van der Waals surface area contributed by atoms with Crippen molar-refractivity contribution in [1.82, 2.24) is 15.2 Å². The van der Waals surface area contributed by atoms with Gasteiger partial charge in [-0.15, -0.1) is 0 Å². The topological polar surface area (TPSA) is 65.1 Å². The van der Waals surface area contributed by atoms with Crippen molar-refractivity contribution in [2.45, 2.75) is 65.1 Å². The molecule has 3 N–H and O–H groups in total. The summed E-state index contributed by atoms with van der Waals surface area (Å²) >= 11 is 6.34. The van der Waals surface area contributed by atoms with E-state index in [0.29, 0.717) is 11.6 Å². The standard InChI is InChI=1S/C14H27ClN4O/c1-5-9-19-12(11(15)10-17-19)13(18-16)14(6-2,7-3)20-8-4/h10,13,18H,5-9,16H2,1-4H3. The van der Waals surface area contributed by atoms with Gasteiger partial charge in [0, 0.05) is 13.2 Å². The molecule has 0 spiro atoms. The molecule has 0 aliphatic carbocycles. The van der Waals surface area contributed by atoms with Crippen LogP contribution < -0.4 is 11.3 Å². The van der Waals surface area contributed by atoms with E-state index in [4.69, 9.17) is 22.2 Å². The van der Waals surface area contributed by atoms with E-state index in [1.54, 1.807) is 6.20 Å². The van der Waals surface area contributed by atoms with Crippen LogP contribution in [0.2, 0.25) is 5.02 Å². The lowest BCUT2D eigenvalue weighted by atomic mass is 9.86. The van der Waals surface area contributed by atoms with Crippen LogP contribution in [-0.2, 0) is 11.3 Å². The molecule has 0 radical (unpaired) electrons. The number of hydrogen-bond acceptors (Lipinski definition) is 4. The van der Waals surface area contributed by atoms with E-state index >= 15 is 0 Å². The Morgan fingerprint density at radius 1 is 1.40 bits per heavy atom. The average molecular weight is 303 g/mol. The summed E-state index contributed by atoms with van der Waals surface area (Å²) in [5, 5.41) is 4.98. The molecule has 0 aromatic carbocycles. The van der Waals surface area contributed by atoms with Crippen molar-refractivity contribution in [2.24, 2.45) is 5.84 Å². The first-order valence-electron chi connectivity index (χ1n) is 7.41. The second kappa shape index (κ2) is 7.98. The van der Waals surface area contributed by atoms with Gasteiger partial charge in [-0.05, 0) is 26.2 Å². The Balaban J connectivity index is 3.25. The van der Waals surface area contributed by atoms with Gasteiger partial charge >= 0.3 is 0 Å². The molecular formula is C14H27ClN4O. The summed E-state index contributed by atoms with van der Waals surface area (Å²) in [4.78, 5) is 0. The van der Waals surface area contributed by atoms with Gasteiger partial charge in [-0.1, -0.05) is 32.4 Å². The summed E-state index contributed by atoms with van der Waals surface area (Å²) in [6.07, 6.45) is 4.36. The summed E-state index contributed by atoms with van der Waals surface area (Å²) in [5.41, 5.74) is 3.44. The Morgan fingerprint density at radius 2 is 2.05 bits per heavy atom. The number of nitrogens with one attached hydrogen (secondary N) is 1. The van der Waals surface area contributed by atoms with Gasteiger partial charge in [-0.25, -0.2) is 5.43 Å². The highest BCUT2D eigenvalue weighted by Gasteiger charge is 2.40. The van der Waals surface area contributed by atoms with Crippen LogP contribution in [0.5, 0.6) is 0 Å². The minimum Gasteiger partial charge on any atom is -0.373 e. The maximum absolute atomic E-state index is 6.34. The lowest BCUT2D eigenvalue weighted by Gasteiger charge is -2.39. The Bertz CT molecular complexity index is 404. The molecule has 5 nitrogen and oxygen atoms in total. The van der Waals surface area contributed by atoms with Crippen LogP contribution in [0.25, 0.3) is 0 Å². The zero-order chi connectivity index (χ0) is 15.2. The SMILES string of the molecule is CCCn1ncc(Cl)c1C(NN)C(CC)(CC)OCC. The van der Waals surface area contributed by atoms with Crippen LogP contribution in [0.3, 0.4) is 0 Å². The van der Waals surface area contributed by atoms with Gasteiger partial charge in [-0.2, -0.15) is 5.10 Å². The summed E-state index contributed by atoms with van der Waals surface area (Å²) in [6, 6.07) is -0.181. The molecule has 0 amide bonds. The number of halogens is 1. The maximum atomic E-state index is 6.34. The first kappa shape index (κ1) is 17.4. The lowest BCUT2D eigenvalue weighted by Crippen LogP contribution is -2.49. The third-order valence-electron chi connectivity index (χ3n) is 3.86. The molecule has 116 valence electrons. The van der Waals surface area contributed by atoms with E-state index in [1.807, 2.05) is 11.6 Å². The number of hydrogen-bond donors (Lipinski definition) is 2. The fraction of sp³-hybridized carbons (Fsp3) is 0.786. The minimum absolute atomic E-state index is 0.181. The van der Waals surface area contributed by atoms with E-state index in [-0.39, 0.29) is 11.6 Å². The number of nitrogens with zero attached hydrogens (tertiary/aromatic N) is 2. The second-order valence-electron chi connectivity index (χ2n) is 4.91. The lowest BCUT2D eigenvalue weighted by molar-refractivity contribution is -0.0752. The van der Waals surface area contributed by atoms with Crippen LogP contribution in [0.1, 0.15) is 58.7 Å². The summed E-state index contributed by atoms with van der Waals surface area (Å²) < 4.78 is 7.97. The summed E-state index contributed by atoms with van der Waals surface area (Å²) in [5.74, 6) is 5.84. The van der Waals surface area contributed by atoms with Gasteiger partial charge in [-0.3, -0.25) is 10.5 Å². The molecule has 1 aromatic heterocycles. The molecule has 1 rings (SSSR count). The number of hydrazine groups is 1. The third kappa shape index (κ3) is 3.34. The van der Waals surface area contributed by atoms with Crippen molar-refractivity contribution in [2.75, 3.05) is 6.61 Å². The molecule has 0 saturated carbocycles. The molecule has 0 aliphatic heterocycles. The number of ether oxygens (including phenoxy) is 1. The number of nitrogens with two attached hydrogens (primary N) is 1. The number of rotatable bonds is 9. The van der Waals surface area contributed by atoms with E-state index in [9.17, 15) is 0 Å². The quantitative estimate of drug-likeness (QED) is 0.543. The van der Waals surface area contributed by atoms with Crippen LogP contribution in [0, 0.1) is 0 Å². The van der Waals surface area contributed by atoms with Crippen LogP contribution in [-0.4, -0.2) is 22.0 Å². The monoisotopic (exact) mass is 302 g/mol. The molecule has 1 heterocycles. The average Bonchev–Trinajstić information content (AvgIpc) is 2.81. The predicted octanol–water partition coefficient (Wildman–Crippen LogP) is 3.05. The molecule has 6 heteroatoms. The maximum Gasteiger partial charge on any atom is 0.0933 e. The van der Waals surface area contributed by atoms with Crippen molar-refractivity contribution in [3.8, 4) is 0 Å². The second-order valence-corrected chi connectivity index (χ2v) is 5.31. The highest BCUT2D eigenvalue weighted by Crippen LogP contribution is 2.37. The Labute approximate surface area is 126 Å². The van der Waals surface area contributed by atoms with Crippen LogP contribution in [0.4, 0.5) is 0 Å². The normalized spacial score (nSPS) is 13.7. The van der Waals surface area contributed by atoms with Gasteiger partial charge < -0.3 is 4.74 Å². The first-order chi connectivity index (χ1) is 9.60. The largest absolute Gasteiger partial charge is 0.373 e. The minimum atomic E-state index is -0.376. The van der Waals surface area contributed by atoms with Crippen LogP contribution in [0.15, 0.2) is 6.20 Å². The van der Waals surface area contributed by atoms with E-state index in [1.165, 1.54) is 0 Å². The fourth-order valence-electron chi connectivity index (χ4n) is 2.76. The van der Waals surface area contributed by atoms with E-state index in [2.05, 4.69) is 31.3 Å². The third-order valence-corrected chi connectivity index (χ3v) is 4.15. The van der Waals surface area contributed by atoms with Gasteiger partial charge in [0.2, 0.25) is 0 Å². The highest BCUT2D eigenvalue weighted by molar-refractivity contribution is 6.31. The highest BCUT2D eigenvalue weighted by atomic mass is 35.5.